The minimum atomic E-state index is -1.12. The van der Waals surface area contributed by atoms with Crippen molar-refractivity contribution in [2.45, 2.75) is 96.3 Å². The topological polar surface area (TPSA) is 137 Å². The second kappa shape index (κ2) is 17.3. The Hall–Kier alpha value is -2.50. The fraction of sp³-hybridized carbons (Fsp3) is 0.727. The molecule has 1 aromatic carbocycles. The van der Waals surface area contributed by atoms with Gasteiger partial charge in [-0.05, 0) is 87.3 Å². The monoisotopic (exact) mass is 635 g/mol. The number of amides is 2. The van der Waals surface area contributed by atoms with Gasteiger partial charge in [0.1, 0.15) is 17.4 Å². The van der Waals surface area contributed by atoms with Crippen LogP contribution in [0.3, 0.4) is 0 Å². The molecular weight excluding hydrogens is 582 g/mol. The Bertz CT molecular complexity index is 1100. The average Bonchev–Trinajstić information content (AvgIpc) is 3.32. The highest BCUT2D eigenvalue weighted by atomic mass is 32.1. The summed E-state index contributed by atoms with van der Waals surface area (Å²) in [5.74, 6) is 0.562. The molecule has 248 valence electrons. The number of nitrogens with zero attached hydrogens (tertiary/aromatic N) is 1. The summed E-state index contributed by atoms with van der Waals surface area (Å²) in [6, 6.07) is 5.78. The zero-order valence-corrected chi connectivity index (χ0v) is 27.7. The maximum Gasteiger partial charge on any atom is 0.410 e. The Labute approximate surface area is 268 Å². The number of hydrogen-bond acceptors (Lipinski definition) is 8. The molecule has 44 heavy (non-hydrogen) atoms. The normalized spacial score (nSPS) is 21.6. The van der Waals surface area contributed by atoms with Crippen molar-refractivity contribution in [3.63, 3.8) is 0 Å². The summed E-state index contributed by atoms with van der Waals surface area (Å²) in [6.07, 6.45) is 6.20. The Morgan fingerprint density at radius 1 is 1.14 bits per heavy atom. The summed E-state index contributed by atoms with van der Waals surface area (Å²) in [5.41, 5.74) is 1.04. The number of unbranched alkanes of at least 4 members (excludes halogenated alkanes) is 2. The van der Waals surface area contributed by atoms with E-state index in [1.807, 2.05) is 12.1 Å². The van der Waals surface area contributed by atoms with Crippen LogP contribution in [0.5, 0.6) is 5.75 Å². The molecule has 0 aromatic heterocycles. The van der Waals surface area contributed by atoms with Crippen molar-refractivity contribution in [3.05, 3.63) is 29.3 Å². The van der Waals surface area contributed by atoms with Crippen LogP contribution in [0.1, 0.15) is 76.8 Å². The van der Waals surface area contributed by atoms with E-state index < -0.39 is 30.3 Å². The van der Waals surface area contributed by atoms with Crippen LogP contribution in [-0.2, 0) is 27.2 Å². The number of thiol groups is 1. The molecule has 0 saturated heterocycles. The SMILES string of the molecule is CCCCC[C@H](O)CC[C@@H]1[C@H]2Cc3cccc(OCC(=O)O)c3C[C@H]2C[C@H]1OC(=O)N(C)C(C)(C)C(=O)NCCNCCS. The Morgan fingerprint density at radius 3 is 2.61 bits per heavy atom. The third-order valence-corrected chi connectivity index (χ3v) is 9.67. The van der Waals surface area contributed by atoms with Gasteiger partial charge in [-0.3, -0.25) is 9.69 Å². The first-order chi connectivity index (χ1) is 21.0. The molecule has 2 aliphatic carbocycles. The molecule has 0 unspecified atom stereocenters. The Morgan fingerprint density at radius 2 is 1.91 bits per heavy atom. The summed E-state index contributed by atoms with van der Waals surface area (Å²) in [4.78, 5) is 39.1. The number of carbonyl (C=O) groups is 3. The number of likely N-dealkylation sites (N-methyl/N-ethyl adjacent to an activating group) is 1. The van der Waals surface area contributed by atoms with Gasteiger partial charge in [0, 0.05) is 32.4 Å². The maximum atomic E-state index is 13.5. The van der Waals surface area contributed by atoms with Crippen molar-refractivity contribution in [3.8, 4) is 5.75 Å². The number of fused-ring (bicyclic) bond motifs is 2. The highest BCUT2D eigenvalue weighted by molar-refractivity contribution is 7.80. The summed E-state index contributed by atoms with van der Waals surface area (Å²) in [7, 11) is 1.59. The highest BCUT2D eigenvalue weighted by Crippen LogP contribution is 2.49. The van der Waals surface area contributed by atoms with Gasteiger partial charge in [0.15, 0.2) is 6.61 Å². The number of aliphatic hydroxyl groups excluding tert-OH is 1. The molecule has 10 nitrogen and oxygen atoms in total. The van der Waals surface area contributed by atoms with Gasteiger partial charge < -0.3 is 30.3 Å². The standard InChI is InChI=1S/C33H53N3O7S/c1-5-6-7-10-24(37)12-13-25-26-18-22-9-8-11-28(42-21-30(38)39)27(22)19-23(26)20-29(25)43-32(41)36(4)33(2,3)31(40)35-15-14-34-16-17-44/h8-9,11,23-26,29,34,37,44H,5-7,10,12-21H2,1-4H3,(H,35,40)(H,38,39)/t23-,24-,25+,26-,29+/m0/s1. The van der Waals surface area contributed by atoms with Gasteiger partial charge in [0.2, 0.25) is 5.91 Å². The number of aliphatic carboxylic acids is 1. The number of rotatable bonds is 18. The van der Waals surface area contributed by atoms with Gasteiger partial charge in [0.05, 0.1) is 6.10 Å². The van der Waals surface area contributed by atoms with Crippen LogP contribution >= 0.6 is 12.6 Å². The Balaban J connectivity index is 1.73. The van der Waals surface area contributed by atoms with Gasteiger partial charge in [0.25, 0.3) is 0 Å². The first kappa shape index (κ1) is 36.0. The molecule has 2 amide bonds. The molecule has 4 N–H and O–H groups in total. The van der Waals surface area contributed by atoms with Crippen LogP contribution in [0.4, 0.5) is 4.79 Å². The lowest BCUT2D eigenvalue weighted by atomic mass is 9.73. The summed E-state index contributed by atoms with van der Waals surface area (Å²) >= 11 is 4.17. The van der Waals surface area contributed by atoms with Crippen molar-refractivity contribution < 1.29 is 34.1 Å². The molecule has 1 saturated carbocycles. The molecule has 1 aromatic rings. The van der Waals surface area contributed by atoms with E-state index in [0.717, 1.165) is 56.2 Å². The number of carbonyl (C=O) groups excluding carboxylic acids is 2. The van der Waals surface area contributed by atoms with E-state index in [2.05, 4.69) is 36.3 Å². The third kappa shape index (κ3) is 9.75. The quantitative estimate of drug-likeness (QED) is 0.120. The molecule has 0 heterocycles. The summed E-state index contributed by atoms with van der Waals surface area (Å²) in [6.45, 7) is 6.96. The lowest BCUT2D eigenvalue weighted by molar-refractivity contribution is -0.139. The summed E-state index contributed by atoms with van der Waals surface area (Å²) < 4.78 is 11.8. The van der Waals surface area contributed by atoms with Crippen molar-refractivity contribution in [2.24, 2.45) is 17.8 Å². The number of nitrogens with one attached hydrogen (secondary N) is 2. The van der Waals surface area contributed by atoms with Crippen molar-refractivity contribution in [1.29, 1.82) is 0 Å². The fourth-order valence-electron chi connectivity index (χ4n) is 6.62. The van der Waals surface area contributed by atoms with Crippen molar-refractivity contribution in [1.82, 2.24) is 15.5 Å². The molecule has 3 rings (SSSR count). The minimum absolute atomic E-state index is 0.0600. The van der Waals surface area contributed by atoms with E-state index in [1.165, 1.54) is 4.90 Å². The van der Waals surface area contributed by atoms with Crippen LogP contribution in [-0.4, -0.2) is 89.9 Å². The molecule has 0 radical (unpaired) electrons. The number of carboxylic acids is 1. The van der Waals surface area contributed by atoms with E-state index in [4.69, 9.17) is 14.6 Å². The predicted octanol–water partition coefficient (Wildman–Crippen LogP) is 4.07. The lowest BCUT2D eigenvalue weighted by Gasteiger charge is -2.35. The van der Waals surface area contributed by atoms with Gasteiger partial charge in [-0.25, -0.2) is 9.59 Å². The molecule has 11 heteroatoms. The van der Waals surface area contributed by atoms with E-state index in [-0.39, 0.29) is 29.8 Å². The smallest absolute Gasteiger partial charge is 0.410 e. The second-order valence-corrected chi connectivity index (χ2v) is 13.3. The van der Waals surface area contributed by atoms with Gasteiger partial charge in [-0.2, -0.15) is 12.6 Å². The Kier molecular flexibility index (Phi) is 14.1. The highest BCUT2D eigenvalue weighted by Gasteiger charge is 2.48. The molecule has 5 atom stereocenters. The third-order valence-electron chi connectivity index (χ3n) is 9.44. The van der Waals surface area contributed by atoms with E-state index >= 15 is 0 Å². The second-order valence-electron chi connectivity index (χ2n) is 12.8. The van der Waals surface area contributed by atoms with Crippen LogP contribution in [0, 0.1) is 17.8 Å². The molecule has 2 aliphatic rings. The molecule has 0 aliphatic heterocycles. The molecular formula is C33H53N3O7S. The number of hydrogen-bond donors (Lipinski definition) is 5. The number of benzene rings is 1. The molecule has 0 bridgehead atoms. The predicted molar refractivity (Wildman–Crippen MR) is 173 cm³/mol. The van der Waals surface area contributed by atoms with Gasteiger partial charge >= 0.3 is 12.1 Å². The lowest BCUT2D eigenvalue weighted by Crippen LogP contribution is -2.56. The van der Waals surface area contributed by atoms with Crippen LogP contribution < -0.4 is 15.4 Å². The van der Waals surface area contributed by atoms with Crippen LogP contribution in [0.2, 0.25) is 0 Å². The van der Waals surface area contributed by atoms with E-state index in [1.54, 1.807) is 20.9 Å². The zero-order chi connectivity index (χ0) is 32.3. The number of aliphatic hydroxyl groups is 1. The van der Waals surface area contributed by atoms with Crippen molar-refractivity contribution in [2.75, 3.05) is 39.0 Å². The van der Waals surface area contributed by atoms with Crippen molar-refractivity contribution >= 4 is 30.6 Å². The zero-order valence-electron chi connectivity index (χ0n) is 26.8. The van der Waals surface area contributed by atoms with Crippen LogP contribution in [0.15, 0.2) is 18.2 Å². The summed E-state index contributed by atoms with van der Waals surface area (Å²) in [5, 5.41) is 25.9. The van der Waals surface area contributed by atoms with Gasteiger partial charge in [-0.1, -0.05) is 38.3 Å². The fourth-order valence-corrected chi connectivity index (χ4v) is 6.78. The first-order valence-electron chi connectivity index (χ1n) is 16.2. The van der Waals surface area contributed by atoms with Crippen LogP contribution in [0.25, 0.3) is 0 Å². The molecule has 0 spiro atoms. The van der Waals surface area contributed by atoms with Gasteiger partial charge in [-0.15, -0.1) is 0 Å². The average molecular weight is 636 g/mol. The first-order valence-corrected chi connectivity index (χ1v) is 16.8. The number of carboxylic acid groups (broad SMARTS) is 1. The van der Waals surface area contributed by atoms with E-state index in [0.29, 0.717) is 43.9 Å². The van der Waals surface area contributed by atoms with E-state index in [9.17, 15) is 19.5 Å². The molecule has 1 fully saturated rings. The number of ether oxygens (including phenoxy) is 2. The maximum absolute atomic E-state index is 13.5. The largest absolute Gasteiger partial charge is 0.482 e. The minimum Gasteiger partial charge on any atom is -0.482 e.